The summed E-state index contributed by atoms with van der Waals surface area (Å²) in [5, 5.41) is 0. The summed E-state index contributed by atoms with van der Waals surface area (Å²) >= 11 is 4.87. The van der Waals surface area contributed by atoms with Gasteiger partial charge >= 0.3 is 0 Å². The van der Waals surface area contributed by atoms with Gasteiger partial charge in [-0.1, -0.05) is 36.5 Å². The van der Waals surface area contributed by atoms with Crippen LogP contribution in [-0.4, -0.2) is 43.7 Å². The first-order valence-corrected chi connectivity index (χ1v) is 9.01. The van der Waals surface area contributed by atoms with Crippen LogP contribution in [0.3, 0.4) is 0 Å². The van der Waals surface area contributed by atoms with Gasteiger partial charge in [0.2, 0.25) is 0 Å². The van der Waals surface area contributed by atoms with E-state index in [1.54, 1.807) is 24.3 Å². The van der Waals surface area contributed by atoms with Gasteiger partial charge in [-0.25, -0.2) is 8.42 Å². The van der Waals surface area contributed by atoms with E-state index in [2.05, 4.69) is 4.90 Å². The van der Waals surface area contributed by atoms with E-state index in [1.165, 1.54) is 12.8 Å². The Morgan fingerprint density at radius 1 is 1.20 bits per heavy atom. The fraction of sp³-hybridized carbons (Fsp3) is 0.500. The molecular weight excluding hydrogens is 292 g/mol. The van der Waals surface area contributed by atoms with Crippen molar-refractivity contribution in [1.29, 1.82) is 0 Å². The van der Waals surface area contributed by atoms with E-state index in [0.29, 0.717) is 11.5 Å². The fourth-order valence-corrected chi connectivity index (χ4v) is 3.88. The zero-order valence-electron chi connectivity index (χ0n) is 11.4. The second kappa shape index (κ2) is 6.65. The molecule has 0 saturated carbocycles. The minimum absolute atomic E-state index is 0.0818. The Balaban J connectivity index is 1.91. The number of hydrogen-bond donors (Lipinski definition) is 1. The summed E-state index contributed by atoms with van der Waals surface area (Å²) in [5.41, 5.74) is 7.06. The number of benzene rings is 1. The van der Waals surface area contributed by atoms with Gasteiger partial charge in [-0.3, -0.25) is 0 Å². The van der Waals surface area contributed by atoms with Crippen molar-refractivity contribution < 1.29 is 8.42 Å². The van der Waals surface area contributed by atoms with Crippen molar-refractivity contribution in [3.63, 3.8) is 0 Å². The van der Waals surface area contributed by atoms with E-state index in [-0.39, 0.29) is 11.5 Å². The summed E-state index contributed by atoms with van der Waals surface area (Å²) in [5.74, 6) is 0.308. The maximum Gasteiger partial charge on any atom is 0.155 e. The molecule has 0 aliphatic carbocycles. The van der Waals surface area contributed by atoms with Crippen LogP contribution < -0.4 is 5.73 Å². The molecule has 0 radical (unpaired) electrons. The van der Waals surface area contributed by atoms with Crippen molar-refractivity contribution in [2.75, 3.05) is 25.4 Å². The Bertz CT molecular complexity index is 561. The lowest BCUT2D eigenvalue weighted by atomic mass is 10.1. The second-order valence-corrected chi connectivity index (χ2v) is 7.83. The van der Waals surface area contributed by atoms with Gasteiger partial charge < -0.3 is 10.6 Å². The largest absolute Gasteiger partial charge is 0.389 e. The maximum absolute atomic E-state index is 12.1. The van der Waals surface area contributed by atoms with Crippen LogP contribution in [0.25, 0.3) is 0 Å². The quantitative estimate of drug-likeness (QED) is 0.803. The average molecular weight is 312 g/mol. The van der Waals surface area contributed by atoms with Gasteiger partial charge in [0.05, 0.1) is 11.5 Å². The standard InChI is InChI=1S/C14H20N2O2S2/c15-14(19)13-5-3-12(4-6-13)11-20(17,18)10-9-16-7-1-2-8-16/h3-6H,1-2,7-11H2,(H2,15,19). The smallest absolute Gasteiger partial charge is 0.155 e. The lowest BCUT2D eigenvalue weighted by Crippen LogP contribution is -2.27. The minimum atomic E-state index is -3.06. The summed E-state index contributed by atoms with van der Waals surface area (Å²) in [6.45, 7) is 2.70. The van der Waals surface area contributed by atoms with E-state index in [0.717, 1.165) is 24.2 Å². The predicted octanol–water partition coefficient (Wildman–Crippen LogP) is 1.33. The molecule has 4 nitrogen and oxygen atoms in total. The highest BCUT2D eigenvalue weighted by atomic mass is 32.2. The Morgan fingerprint density at radius 2 is 1.80 bits per heavy atom. The van der Waals surface area contributed by atoms with Crippen molar-refractivity contribution in [2.45, 2.75) is 18.6 Å². The molecule has 2 N–H and O–H groups in total. The Morgan fingerprint density at radius 3 is 2.35 bits per heavy atom. The van der Waals surface area contributed by atoms with Crippen molar-refractivity contribution in [3.05, 3.63) is 35.4 Å². The summed E-state index contributed by atoms with van der Waals surface area (Å²) in [6.07, 6.45) is 2.36. The van der Waals surface area contributed by atoms with Crippen LogP contribution in [0.5, 0.6) is 0 Å². The van der Waals surface area contributed by atoms with Crippen LogP contribution in [0.1, 0.15) is 24.0 Å². The molecule has 110 valence electrons. The van der Waals surface area contributed by atoms with E-state index < -0.39 is 9.84 Å². The van der Waals surface area contributed by atoms with Crippen LogP contribution >= 0.6 is 12.2 Å². The maximum atomic E-state index is 12.1. The van der Waals surface area contributed by atoms with Crippen LogP contribution in [0.15, 0.2) is 24.3 Å². The van der Waals surface area contributed by atoms with Gasteiger partial charge in [-0.05, 0) is 31.5 Å². The van der Waals surface area contributed by atoms with Gasteiger partial charge in [0.1, 0.15) is 4.99 Å². The molecule has 1 fully saturated rings. The Hall–Kier alpha value is -0.980. The molecule has 0 aromatic heterocycles. The third-order valence-electron chi connectivity index (χ3n) is 3.54. The molecule has 1 aromatic carbocycles. The van der Waals surface area contributed by atoms with Crippen molar-refractivity contribution >= 4 is 27.0 Å². The van der Waals surface area contributed by atoms with E-state index >= 15 is 0 Å². The normalized spacial score (nSPS) is 16.4. The molecule has 1 aliphatic heterocycles. The van der Waals surface area contributed by atoms with Crippen LogP contribution in [0.4, 0.5) is 0 Å². The molecule has 1 saturated heterocycles. The number of thiocarbonyl (C=S) groups is 1. The second-order valence-electron chi connectivity index (χ2n) is 5.20. The molecule has 1 aromatic rings. The monoisotopic (exact) mass is 312 g/mol. The SMILES string of the molecule is NC(=S)c1ccc(CS(=O)(=O)CCN2CCCC2)cc1. The molecular formula is C14H20N2O2S2. The zero-order chi connectivity index (χ0) is 14.6. The molecule has 1 aliphatic rings. The molecule has 0 spiro atoms. The Kier molecular flexibility index (Phi) is 5.12. The fourth-order valence-electron chi connectivity index (χ4n) is 2.37. The highest BCUT2D eigenvalue weighted by Gasteiger charge is 2.17. The van der Waals surface area contributed by atoms with Crippen LogP contribution in [0.2, 0.25) is 0 Å². The number of nitrogens with zero attached hydrogens (tertiary/aromatic N) is 1. The lowest BCUT2D eigenvalue weighted by molar-refractivity contribution is 0.359. The lowest BCUT2D eigenvalue weighted by Gasteiger charge is -2.14. The summed E-state index contributed by atoms with van der Waals surface area (Å²) in [6, 6.07) is 7.10. The van der Waals surface area contributed by atoms with Gasteiger partial charge in [0.25, 0.3) is 0 Å². The van der Waals surface area contributed by atoms with Gasteiger partial charge in [0.15, 0.2) is 9.84 Å². The summed E-state index contributed by atoms with van der Waals surface area (Å²) < 4.78 is 24.2. The zero-order valence-corrected chi connectivity index (χ0v) is 13.0. The highest BCUT2D eigenvalue weighted by Crippen LogP contribution is 2.11. The first kappa shape index (κ1) is 15.4. The molecule has 0 bridgehead atoms. The average Bonchev–Trinajstić information content (AvgIpc) is 2.90. The van der Waals surface area contributed by atoms with E-state index in [1.807, 2.05) is 0 Å². The van der Waals surface area contributed by atoms with Crippen LogP contribution in [-0.2, 0) is 15.6 Å². The predicted molar refractivity (Wildman–Crippen MR) is 85.5 cm³/mol. The van der Waals surface area contributed by atoms with Crippen LogP contribution in [0, 0.1) is 0 Å². The molecule has 0 atom stereocenters. The third kappa shape index (κ3) is 4.54. The van der Waals surface area contributed by atoms with Crippen molar-refractivity contribution in [3.8, 4) is 0 Å². The Labute approximate surface area is 125 Å². The van der Waals surface area contributed by atoms with E-state index in [9.17, 15) is 8.42 Å². The number of sulfone groups is 1. The van der Waals surface area contributed by atoms with Gasteiger partial charge in [-0.15, -0.1) is 0 Å². The highest BCUT2D eigenvalue weighted by molar-refractivity contribution is 7.90. The number of hydrogen-bond acceptors (Lipinski definition) is 4. The van der Waals surface area contributed by atoms with Gasteiger partial charge in [0, 0.05) is 12.1 Å². The molecule has 1 heterocycles. The van der Waals surface area contributed by atoms with E-state index in [4.69, 9.17) is 18.0 Å². The van der Waals surface area contributed by atoms with Gasteiger partial charge in [-0.2, -0.15) is 0 Å². The summed E-state index contributed by atoms with van der Waals surface area (Å²) in [4.78, 5) is 2.54. The molecule has 2 rings (SSSR count). The number of likely N-dealkylation sites (tertiary alicyclic amines) is 1. The first-order valence-electron chi connectivity index (χ1n) is 6.78. The molecule has 0 amide bonds. The van der Waals surface area contributed by atoms with Crippen molar-refractivity contribution in [2.24, 2.45) is 5.73 Å². The molecule has 6 heteroatoms. The number of rotatable bonds is 6. The third-order valence-corrected chi connectivity index (χ3v) is 5.36. The van der Waals surface area contributed by atoms with Crippen molar-refractivity contribution in [1.82, 2.24) is 4.90 Å². The molecule has 20 heavy (non-hydrogen) atoms. The first-order chi connectivity index (χ1) is 9.46. The molecule has 0 unspecified atom stereocenters. The topological polar surface area (TPSA) is 63.4 Å². The minimum Gasteiger partial charge on any atom is -0.389 e. The number of nitrogens with two attached hydrogens (primary N) is 1. The summed E-state index contributed by atoms with van der Waals surface area (Å²) in [7, 11) is -3.06.